The lowest BCUT2D eigenvalue weighted by atomic mass is 9.99. The monoisotopic (exact) mass is 400 g/mol. The molecule has 5 nitrogen and oxygen atoms in total. The Morgan fingerprint density at radius 2 is 1.67 bits per heavy atom. The van der Waals surface area contributed by atoms with Gasteiger partial charge in [0.1, 0.15) is 17.7 Å². The number of nitrogens with zero attached hydrogens (tertiary/aromatic N) is 1. The number of likely N-dealkylation sites (tertiary alicyclic amines) is 1. The molecule has 3 aromatic rings. The van der Waals surface area contributed by atoms with E-state index in [0.29, 0.717) is 5.84 Å². The maximum atomic E-state index is 7.74. The highest BCUT2D eigenvalue weighted by molar-refractivity contribution is 5.99. The van der Waals surface area contributed by atoms with Crippen LogP contribution in [0.5, 0.6) is 5.75 Å². The van der Waals surface area contributed by atoms with Crippen LogP contribution in [-0.4, -0.2) is 35.8 Å². The quantitative estimate of drug-likeness (QED) is 0.424. The summed E-state index contributed by atoms with van der Waals surface area (Å²) >= 11 is 0. The Bertz CT molecular complexity index is 1070. The van der Waals surface area contributed by atoms with Gasteiger partial charge in [-0.15, -0.1) is 0 Å². The Labute approximate surface area is 177 Å². The zero-order chi connectivity index (χ0) is 21.1. The molecule has 30 heavy (non-hydrogen) atoms. The predicted molar refractivity (Wildman–Crippen MR) is 123 cm³/mol. The average molecular weight is 401 g/mol. The first kappa shape index (κ1) is 20.0. The van der Waals surface area contributed by atoms with Crippen LogP contribution in [0.2, 0.25) is 0 Å². The van der Waals surface area contributed by atoms with E-state index in [-0.39, 0.29) is 11.9 Å². The van der Waals surface area contributed by atoms with Crippen molar-refractivity contribution in [2.75, 3.05) is 13.1 Å². The Balaban J connectivity index is 1.36. The first-order valence-corrected chi connectivity index (χ1v) is 10.4. The molecule has 1 aliphatic rings. The van der Waals surface area contributed by atoms with Gasteiger partial charge in [-0.05, 0) is 59.9 Å². The molecule has 0 aromatic heterocycles. The van der Waals surface area contributed by atoms with Gasteiger partial charge in [-0.3, -0.25) is 10.8 Å². The van der Waals surface area contributed by atoms with E-state index in [9.17, 15) is 0 Å². The van der Waals surface area contributed by atoms with Gasteiger partial charge < -0.3 is 15.4 Å². The molecule has 1 atom stereocenters. The average Bonchev–Trinajstić information content (AvgIpc) is 3.21. The molecule has 4 rings (SSSR count). The van der Waals surface area contributed by atoms with Crippen LogP contribution in [-0.2, 0) is 12.8 Å². The molecule has 1 fully saturated rings. The van der Waals surface area contributed by atoms with Crippen molar-refractivity contribution < 1.29 is 4.74 Å². The van der Waals surface area contributed by atoms with Gasteiger partial charge in [0.05, 0.1) is 12.4 Å². The second-order valence-corrected chi connectivity index (χ2v) is 8.01. The van der Waals surface area contributed by atoms with Gasteiger partial charge in [-0.25, -0.2) is 0 Å². The maximum absolute atomic E-state index is 7.74. The fraction of sp³-hybridized carbons (Fsp3) is 0.280. The molecule has 1 saturated heterocycles. The summed E-state index contributed by atoms with van der Waals surface area (Å²) < 4.78 is 6.09. The maximum Gasteiger partial charge on any atom is 0.122 e. The number of hydrogen-bond donors (Lipinski definition) is 3. The predicted octanol–water partition coefficient (Wildman–Crippen LogP) is 4.36. The number of nitrogen functional groups attached to an aromatic ring is 1. The van der Waals surface area contributed by atoms with E-state index in [4.69, 9.17) is 21.3 Å². The third-order valence-electron chi connectivity index (χ3n) is 5.76. The van der Waals surface area contributed by atoms with E-state index < -0.39 is 0 Å². The molecule has 0 aliphatic carbocycles. The summed E-state index contributed by atoms with van der Waals surface area (Å²) in [6.07, 6.45) is 3.04. The van der Waals surface area contributed by atoms with Crippen molar-refractivity contribution in [1.82, 2.24) is 4.90 Å². The molecule has 1 aliphatic heterocycles. The fourth-order valence-electron chi connectivity index (χ4n) is 3.96. The van der Waals surface area contributed by atoms with Crippen molar-refractivity contribution in [3.8, 4) is 5.75 Å². The standard InChI is InChI=1S/C25H28N4O/c1-17(26)29-13-12-24(16-29)30-23-10-5-18(6-11-23)2-3-19-4-7-20-8-9-21(25(27)28)15-22(20)14-19/h4-11,14-15,24,26H,2-3,12-13,16H2,1H3,(H3,27,28). The Morgan fingerprint density at radius 1 is 0.967 bits per heavy atom. The second kappa shape index (κ2) is 8.57. The summed E-state index contributed by atoms with van der Waals surface area (Å²) in [7, 11) is 0. The Morgan fingerprint density at radius 3 is 2.37 bits per heavy atom. The van der Waals surface area contributed by atoms with Crippen molar-refractivity contribution in [2.24, 2.45) is 5.73 Å². The van der Waals surface area contributed by atoms with Crippen LogP contribution in [0.1, 0.15) is 30.0 Å². The van der Waals surface area contributed by atoms with E-state index in [1.54, 1.807) is 0 Å². The molecule has 1 heterocycles. The fourth-order valence-corrected chi connectivity index (χ4v) is 3.96. The van der Waals surface area contributed by atoms with E-state index in [1.165, 1.54) is 11.1 Å². The lowest BCUT2D eigenvalue weighted by molar-refractivity contribution is 0.214. The molecule has 154 valence electrons. The summed E-state index contributed by atoms with van der Waals surface area (Å²) in [5.74, 6) is 1.61. The van der Waals surface area contributed by atoms with E-state index in [2.05, 4.69) is 47.4 Å². The Kier molecular flexibility index (Phi) is 5.70. The van der Waals surface area contributed by atoms with Gasteiger partial charge in [-0.2, -0.15) is 0 Å². The van der Waals surface area contributed by atoms with E-state index in [1.807, 2.05) is 25.1 Å². The number of nitrogens with one attached hydrogen (secondary N) is 2. The van der Waals surface area contributed by atoms with Crippen LogP contribution < -0.4 is 10.5 Å². The van der Waals surface area contributed by atoms with Crippen LogP contribution in [0.15, 0.2) is 60.7 Å². The molecule has 0 spiro atoms. The third-order valence-corrected chi connectivity index (χ3v) is 5.76. The van der Waals surface area contributed by atoms with Crippen LogP contribution in [0, 0.1) is 10.8 Å². The molecule has 4 N–H and O–H groups in total. The number of benzene rings is 3. The number of aryl methyl sites for hydroxylation is 2. The van der Waals surface area contributed by atoms with Gasteiger partial charge in [0.15, 0.2) is 0 Å². The molecule has 0 radical (unpaired) electrons. The molecule has 0 bridgehead atoms. The van der Waals surface area contributed by atoms with Crippen LogP contribution >= 0.6 is 0 Å². The van der Waals surface area contributed by atoms with E-state index in [0.717, 1.165) is 54.4 Å². The summed E-state index contributed by atoms with van der Waals surface area (Å²) in [5, 5.41) is 17.6. The smallest absolute Gasteiger partial charge is 0.122 e. The SMILES string of the molecule is CC(=N)N1CCC(Oc2ccc(CCc3ccc4ccc(C(=N)N)cc4c3)cc2)C1. The number of ether oxygens (including phenoxy) is 1. The molecule has 1 unspecified atom stereocenters. The summed E-state index contributed by atoms with van der Waals surface area (Å²) in [5.41, 5.74) is 8.94. The van der Waals surface area contributed by atoms with Gasteiger partial charge in [0.25, 0.3) is 0 Å². The minimum absolute atomic E-state index is 0.0999. The summed E-state index contributed by atoms with van der Waals surface area (Å²) in [6, 6.07) is 20.8. The molecule has 3 aromatic carbocycles. The first-order valence-electron chi connectivity index (χ1n) is 10.4. The highest BCUT2D eigenvalue weighted by Gasteiger charge is 2.24. The van der Waals surface area contributed by atoms with Crippen molar-refractivity contribution in [3.63, 3.8) is 0 Å². The third kappa shape index (κ3) is 4.62. The minimum atomic E-state index is 0.0999. The second-order valence-electron chi connectivity index (χ2n) is 8.01. The number of nitrogens with two attached hydrogens (primary N) is 1. The van der Waals surface area contributed by atoms with Crippen molar-refractivity contribution in [1.29, 1.82) is 10.8 Å². The lowest BCUT2D eigenvalue weighted by Crippen LogP contribution is -2.28. The molecule has 5 heteroatoms. The zero-order valence-corrected chi connectivity index (χ0v) is 17.3. The van der Waals surface area contributed by atoms with Gasteiger partial charge in [-0.1, -0.05) is 42.5 Å². The molecule has 0 saturated carbocycles. The molecular formula is C25H28N4O. The van der Waals surface area contributed by atoms with Gasteiger partial charge >= 0.3 is 0 Å². The van der Waals surface area contributed by atoms with Crippen LogP contribution in [0.3, 0.4) is 0 Å². The number of amidine groups is 2. The molecule has 0 amide bonds. The highest BCUT2D eigenvalue weighted by Crippen LogP contribution is 2.22. The number of fused-ring (bicyclic) bond motifs is 1. The van der Waals surface area contributed by atoms with Crippen LogP contribution in [0.4, 0.5) is 0 Å². The normalized spacial score (nSPS) is 16.0. The van der Waals surface area contributed by atoms with Crippen molar-refractivity contribution in [3.05, 3.63) is 77.4 Å². The van der Waals surface area contributed by atoms with Gasteiger partial charge in [0, 0.05) is 18.5 Å². The topological polar surface area (TPSA) is 86.2 Å². The molecular weight excluding hydrogens is 372 g/mol. The number of rotatable bonds is 6. The summed E-state index contributed by atoms with van der Waals surface area (Å²) in [6.45, 7) is 3.52. The van der Waals surface area contributed by atoms with Gasteiger partial charge in [0.2, 0.25) is 0 Å². The van der Waals surface area contributed by atoms with E-state index >= 15 is 0 Å². The zero-order valence-electron chi connectivity index (χ0n) is 17.3. The number of hydrogen-bond acceptors (Lipinski definition) is 3. The summed E-state index contributed by atoms with van der Waals surface area (Å²) in [4.78, 5) is 2.06. The lowest BCUT2D eigenvalue weighted by Gasteiger charge is -2.17. The Hall–Kier alpha value is -3.34. The van der Waals surface area contributed by atoms with Crippen molar-refractivity contribution in [2.45, 2.75) is 32.3 Å². The highest BCUT2D eigenvalue weighted by atomic mass is 16.5. The minimum Gasteiger partial charge on any atom is -0.489 e. The largest absolute Gasteiger partial charge is 0.489 e. The van der Waals surface area contributed by atoms with Crippen LogP contribution in [0.25, 0.3) is 10.8 Å². The first-order chi connectivity index (χ1) is 14.5. The van der Waals surface area contributed by atoms with Crippen molar-refractivity contribution >= 4 is 22.4 Å².